The number of rotatable bonds is 7. The van der Waals surface area contributed by atoms with Gasteiger partial charge in [0, 0.05) is 22.8 Å². The van der Waals surface area contributed by atoms with Crippen LogP contribution in [0.4, 0.5) is 5.69 Å². The lowest BCUT2D eigenvalue weighted by Crippen LogP contribution is -2.14. The van der Waals surface area contributed by atoms with E-state index in [2.05, 4.69) is 10.3 Å². The monoisotopic (exact) mass is 384 g/mol. The Hall–Kier alpha value is -3.06. The fraction of sp³-hybridized carbons (Fsp3) is 0.200. The first-order valence-corrected chi connectivity index (χ1v) is 9.11. The summed E-state index contributed by atoms with van der Waals surface area (Å²) in [5, 5.41) is 5.78. The predicted molar refractivity (Wildman–Crippen MR) is 106 cm³/mol. The summed E-state index contributed by atoms with van der Waals surface area (Å²) in [4.78, 5) is 16.7. The highest BCUT2D eigenvalue weighted by molar-refractivity contribution is 7.13. The van der Waals surface area contributed by atoms with Gasteiger partial charge in [0.15, 0.2) is 11.5 Å². The smallest absolute Gasteiger partial charge is 0.228 e. The molecule has 27 heavy (non-hydrogen) atoms. The Morgan fingerprint density at radius 3 is 2.22 bits per heavy atom. The van der Waals surface area contributed by atoms with Gasteiger partial charge >= 0.3 is 0 Å². The minimum Gasteiger partial charge on any atom is -0.493 e. The van der Waals surface area contributed by atoms with E-state index in [-0.39, 0.29) is 12.3 Å². The molecule has 0 saturated heterocycles. The van der Waals surface area contributed by atoms with Crippen LogP contribution in [0.3, 0.4) is 0 Å². The number of ether oxygens (including phenoxy) is 3. The van der Waals surface area contributed by atoms with Crippen LogP contribution in [0.25, 0.3) is 10.6 Å². The van der Waals surface area contributed by atoms with Crippen molar-refractivity contribution in [2.24, 2.45) is 0 Å². The summed E-state index contributed by atoms with van der Waals surface area (Å²) in [5.74, 6) is 1.41. The van der Waals surface area contributed by atoms with Gasteiger partial charge < -0.3 is 19.5 Å². The Kier molecular flexibility index (Phi) is 5.93. The SMILES string of the molecule is COc1cc(CC(=O)Nc2ccc(-c3nccs3)cc2)cc(OC)c1OC. The molecule has 3 aromatic rings. The molecular weight excluding hydrogens is 364 g/mol. The number of carbonyl (C=O) groups is 1. The first-order chi connectivity index (χ1) is 13.1. The standard InChI is InChI=1S/C20H20N2O4S/c1-24-16-10-13(11-17(25-2)19(16)26-3)12-18(23)22-15-6-4-14(5-7-15)20-21-8-9-27-20/h4-11H,12H2,1-3H3,(H,22,23). The van der Waals surface area contributed by atoms with Gasteiger partial charge in [-0.05, 0) is 42.0 Å². The lowest BCUT2D eigenvalue weighted by Gasteiger charge is -2.14. The molecule has 0 spiro atoms. The Morgan fingerprint density at radius 1 is 1.04 bits per heavy atom. The number of nitrogens with one attached hydrogen (secondary N) is 1. The molecule has 0 aliphatic rings. The average Bonchev–Trinajstić information content (AvgIpc) is 3.22. The highest BCUT2D eigenvalue weighted by atomic mass is 32.1. The molecule has 140 valence electrons. The number of thiazole rings is 1. The van der Waals surface area contributed by atoms with E-state index < -0.39 is 0 Å². The molecule has 0 aliphatic heterocycles. The van der Waals surface area contributed by atoms with E-state index in [9.17, 15) is 4.79 Å². The van der Waals surface area contributed by atoms with Crippen LogP contribution in [0.1, 0.15) is 5.56 Å². The number of hydrogen-bond donors (Lipinski definition) is 1. The van der Waals surface area contributed by atoms with Gasteiger partial charge in [-0.3, -0.25) is 4.79 Å². The topological polar surface area (TPSA) is 69.7 Å². The molecule has 3 rings (SSSR count). The number of benzene rings is 2. The highest BCUT2D eigenvalue weighted by Gasteiger charge is 2.15. The summed E-state index contributed by atoms with van der Waals surface area (Å²) in [7, 11) is 4.64. The summed E-state index contributed by atoms with van der Waals surface area (Å²) in [6.45, 7) is 0. The van der Waals surface area contributed by atoms with Gasteiger partial charge in [-0.25, -0.2) is 4.98 Å². The molecule has 0 atom stereocenters. The van der Waals surface area contributed by atoms with Crippen LogP contribution < -0.4 is 19.5 Å². The van der Waals surface area contributed by atoms with Crippen molar-refractivity contribution in [1.29, 1.82) is 0 Å². The first-order valence-electron chi connectivity index (χ1n) is 8.23. The largest absolute Gasteiger partial charge is 0.493 e. The van der Waals surface area contributed by atoms with Crippen molar-refractivity contribution in [1.82, 2.24) is 4.98 Å². The third-order valence-electron chi connectivity index (χ3n) is 3.94. The number of hydrogen-bond acceptors (Lipinski definition) is 6. The van der Waals surface area contributed by atoms with Crippen LogP contribution in [0.5, 0.6) is 17.2 Å². The van der Waals surface area contributed by atoms with Crippen LogP contribution in [-0.4, -0.2) is 32.2 Å². The Morgan fingerprint density at radius 2 is 1.70 bits per heavy atom. The Labute approximate surface area is 161 Å². The lowest BCUT2D eigenvalue weighted by atomic mass is 10.1. The van der Waals surface area contributed by atoms with Crippen molar-refractivity contribution in [3.05, 3.63) is 53.5 Å². The number of carbonyl (C=O) groups excluding carboxylic acids is 1. The molecule has 0 saturated carbocycles. The Bertz CT molecular complexity index is 883. The second-order valence-electron chi connectivity index (χ2n) is 5.67. The second kappa shape index (κ2) is 8.55. The van der Waals surface area contributed by atoms with E-state index in [4.69, 9.17) is 14.2 Å². The Balaban J connectivity index is 1.70. The fourth-order valence-corrected chi connectivity index (χ4v) is 3.33. The van der Waals surface area contributed by atoms with Crippen LogP contribution in [0.15, 0.2) is 48.0 Å². The molecule has 0 bridgehead atoms. The van der Waals surface area contributed by atoms with E-state index in [1.807, 2.05) is 29.6 Å². The van der Waals surface area contributed by atoms with Crippen molar-refractivity contribution in [2.75, 3.05) is 26.6 Å². The van der Waals surface area contributed by atoms with E-state index >= 15 is 0 Å². The van der Waals surface area contributed by atoms with Gasteiger partial charge in [0.05, 0.1) is 27.8 Å². The summed E-state index contributed by atoms with van der Waals surface area (Å²) in [6.07, 6.45) is 1.96. The molecule has 0 unspecified atom stereocenters. The molecule has 0 fully saturated rings. The van der Waals surface area contributed by atoms with Gasteiger partial charge in [-0.1, -0.05) is 0 Å². The zero-order valence-corrected chi connectivity index (χ0v) is 16.1. The minimum absolute atomic E-state index is 0.133. The summed E-state index contributed by atoms with van der Waals surface area (Å²) < 4.78 is 16.0. The van der Waals surface area contributed by atoms with Crippen molar-refractivity contribution in [3.8, 4) is 27.8 Å². The molecule has 1 heterocycles. The predicted octanol–water partition coefficient (Wildman–Crippen LogP) is 4.02. The average molecular weight is 384 g/mol. The van der Waals surface area contributed by atoms with Crippen molar-refractivity contribution in [3.63, 3.8) is 0 Å². The summed E-state index contributed by atoms with van der Waals surface area (Å²) in [6, 6.07) is 11.1. The quantitative estimate of drug-likeness (QED) is 0.666. The third-order valence-corrected chi connectivity index (χ3v) is 4.76. The lowest BCUT2D eigenvalue weighted by molar-refractivity contribution is -0.115. The van der Waals surface area contributed by atoms with Crippen LogP contribution in [-0.2, 0) is 11.2 Å². The van der Waals surface area contributed by atoms with Gasteiger partial charge in [0.1, 0.15) is 5.01 Å². The van der Waals surface area contributed by atoms with Crippen LogP contribution in [0.2, 0.25) is 0 Å². The number of anilines is 1. The van der Waals surface area contributed by atoms with E-state index in [1.165, 1.54) is 0 Å². The maximum absolute atomic E-state index is 12.4. The maximum atomic E-state index is 12.4. The maximum Gasteiger partial charge on any atom is 0.228 e. The number of amides is 1. The molecule has 0 radical (unpaired) electrons. The number of aromatic nitrogens is 1. The van der Waals surface area contributed by atoms with Crippen molar-refractivity contribution < 1.29 is 19.0 Å². The first kappa shape index (κ1) is 18.7. The van der Waals surface area contributed by atoms with Crippen LogP contribution >= 0.6 is 11.3 Å². The summed E-state index contributed by atoms with van der Waals surface area (Å²) >= 11 is 1.58. The molecule has 1 N–H and O–H groups in total. The van der Waals surface area contributed by atoms with Crippen molar-refractivity contribution in [2.45, 2.75) is 6.42 Å². The summed E-state index contributed by atoms with van der Waals surface area (Å²) in [5.41, 5.74) is 2.52. The molecule has 7 heteroatoms. The van der Waals surface area contributed by atoms with E-state index in [0.717, 1.165) is 21.8 Å². The molecular formula is C20H20N2O4S. The molecule has 6 nitrogen and oxygen atoms in total. The molecule has 1 amide bonds. The van der Waals surface area contributed by atoms with E-state index in [1.54, 1.807) is 51.0 Å². The van der Waals surface area contributed by atoms with Gasteiger partial charge in [-0.2, -0.15) is 0 Å². The third kappa shape index (κ3) is 4.38. The highest BCUT2D eigenvalue weighted by Crippen LogP contribution is 2.38. The van der Waals surface area contributed by atoms with Crippen molar-refractivity contribution >= 4 is 22.9 Å². The van der Waals surface area contributed by atoms with Gasteiger partial charge in [0.25, 0.3) is 0 Å². The number of nitrogens with zero attached hydrogens (tertiary/aromatic N) is 1. The molecule has 2 aromatic carbocycles. The second-order valence-corrected chi connectivity index (χ2v) is 6.57. The zero-order valence-electron chi connectivity index (χ0n) is 15.3. The normalized spacial score (nSPS) is 10.3. The minimum atomic E-state index is -0.133. The van der Waals surface area contributed by atoms with E-state index in [0.29, 0.717) is 17.2 Å². The number of methoxy groups -OCH3 is 3. The molecule has 0 aliphatic carbocycles. The fourth-order valence-electron chi connectivity index (χ4n) is 2.69. The van der Waals surface area contributed by atoms with Gasteiger partial charge in [-0.15, -0.1) is 11.3 Å². The molecule has 1 aromatic heterocycles. The van der Waals surface area contributed by atoms with Crippen LogP contribution in [0, 0.1) is 0 Å². The van der Waals surface area contributed by atoms with Gasteiger partial charge in [0.2, 0.25) is 11.7 Å². The zero-order chi connectivity index (χ0) is 19.2.